The van der Waals surface area contributed by atoms with Crippen molar-refractivity contribution in [2.75, 3.05) is 0 Å². The van der Waals surface area contributed by atoms with Gasteiger partial charge in [0.25, 0.3) is 0 Å². The summed E-state index contributed by atoms with van der Waals surface area (Å²) in [5.74, 6) is -0.258. The molecule has 2 atom stereocenters. The van der Waals surface area contributed by atoms with Crippen LogP contribution in [0, 0.1) is 5.82 Å². The highest BCUT2D eigenvalue weighted by molar-refractivity contribution is 5.62. The fourth-order valence-electron chi connectivity index (χ4n) is 2.83. The van der Waals surface area contributed by atoms with Crippen LogP contribution in [0.4, 0.5) is 4.39 Å². The molecule has 0 saturated carbocycles. The topological polar surface area (TPSA) is 60.9 Å². The minimum absolute atomic E-state index is 0.131. The molecule has 2 aromatic carbocycles. The molecule has 3 aromatic rings. The number of benzene rings is 2. The quantitative estimate of drug-likeness (QED) is 0.613. The first-order valence-corrected chi connectivity index (χ1v) is 8.38. The van der Waals surface area contributed by atoms with E-state index in [-0.39, 0.29) is 11.9 Å². The van der Waals surface area contributed by atoms with E-state index in [9.17, 15) is 9.50 Å². The van der Waals surface area contributed by atoms with Crippen LogP contribution in [0.5, 0.6) is 0 Å². The Morgan fingerprint density at radius 2 is 1.84 bits per heavy atom. The lowest BCUT2D eigenvalue weighted by Gasteiger charge is -2.18. The van der Waals surface area contributed by atoms with E-state index in [0.717, 1.165) is 22.4 Å². The number of rotatable bonds is 7. The van der Waals surface area contributed by atoms with Gasteiger partial charge in [-0.05, 0) is 43.2 Å². The van der Waals surface area contributed by atoms with Crippen LogP contribution in [0.2, 0.25) is 0 Å². The lowest BCUT2D eigenvalue weighted by Crippen LogP contribution is -2.27. The van der Waals surface area contributed by atoms with E-state index < -0.39 is 6.10 Å². The van der Waals surface area contributed by atoms with Gasteiger partial charge in [0.05, 0.1) is 18.0 Å². The first-order chi connectivity index (χ1) is 12.1. The summed E-state index contributed by atoms with van der Waals surface area (Å²) in [6.07, 6.45) is 1.89. The number of hydrogen-bond donors (Lipinski definition) is 3. The van der Waals surface area contributed by atoms with Crippen molar-refractivity contribution in [1.29, 1.82) is 0 Å². The maximum absolute atomic E-state index is 13.1. The molecule has 3 rings (SSSR count). The molecule has 0 saturated heterocycles. The molecule has 3 N–H and O–H groups in total. The molecule has 0 amide bonds. The number of H-pyrrole nitrogens is 1. The van der Waals surface area contributed by atoms with E-state index in [0.29, 0.717) is 13.0 Å². The van der Waals surface area contributed by atoms with Gasteiger partial charge in [-0.1, -0.05) is 30.3 Å². The van der Waals surface area contributed by atoms with Crippen LogP contribution in [0.3, 0.4) is 0 Å². The van der Waals surface area contributed by atoms with Crippen LogP contribution in [0.15, 0.2) is 60.8 Å². The molecule has 1 aromatic heterocycles. The number of hydrogen-bond acceptors (Lipinski definition) is 3. The summed E-state index contributed by atoms with van der Waals surface area (Å²) in [4.78, 5) is 0. The second-order valence-electron chi connectivity index (χ2n) is 6.22. The average Bonchev–Trinajstić information content (AvgIpc) is 3.10. The second kappa shape index (κ2) is 8.05. The van der Waals surface area contributed by atoms with E-state index in [4.69, 9.17) is 0 Å². The van der Waals surface area contributed by atoms with Gasteiger partial charge in [0.2, 0.25) is 0 Å². The molecule has 25 heavy (non-hydrogen) atoms. The van der Waals surface area contributed by atoms with Crippen LogP contribution >= 0.6 is 0 Å². The van der Waals surface area contributed by atoms with Crippen LogP contribution in [-0.2, 0) is 6.54 Å². The highest BCUT2D eigenvalue weighted by Gasteiger charge is 2.13. The summed E-state index contributed by atoms with van der Waals surface area (Å²) in [5.41, 5.74) is 3.70. The predicted molar refractivity (Wildman–Crippen MR) is 96.3 cm³/mol. The van der Waals surface area contributed by atoms with Gasteiger partial charge >= 0.3 is 0 Å². The number of aliphatic hydroxyl groups excluding tert-OH is 1. The van der Waals surface area contributed by atoms with Crippen molar-refractivity contribution in [3.05, 3.63) is 77.7 Å². The van der Waals surface area contributed by atoms with Gasteiger partial charge in [-0.25, -0.2) is 4.39 Å². The van der Waals surface area contributed by atoms with Crippen molar-refractivity contribution in [3.63, 3.8) is 0 Å². The standard InChI is InChI=1S/C20H22FN3O/c1-14(11-19(25)15-5-3-2-4-6-15)22-12-17-13-23-24-20(17)16-7-9-18(21)10-8-16/h2-10,13-14,19,22,25H,11-12H2,1H3,(H,23,24). The third kappa shape index (κ3) is 4.53. The summed E-state index contributed by atoms with van der Waals surface area (Å²) in [6, 6.07) is 16.1. The van der Waals surface area contributed by atoms with Crippen molar-refractivity contribution in [1.82, 2.24) is 15.5 Å². The van der Waals surface area contributed by atoms with Crippen molar-refractivity contribution in [2.24, 2.45) is 0 Å². The SMILES string of the molecule is CC(CC(O)c1ccccc1)NCc1cn[nH]c1-c1ccc(F)cc1. The zero-order valence-electron chi connectivity index (χ0n) is 14.1. The third-order valence-electron chi connectivity index (χ3n) is 4.25. The molecule has 0 spiro atoms. The van der Waals surface area contributed by atoms with E-state index in [1.807, 2.05) is 37.3 Å². The van der Waals surface area contributed by atoms with Gasteiger partial charge in [0.1, 0.15) is 5.82 Å². The zero-order valence-corrected chi connectivity index (χ0v) is 14.1. The largest absolute Gasteiger partial charge is 0.388 e. The molecule has 130 valence electrons. The summed E-state index contributed by atoms with van der Waals surface area (Å²) in [5, 5.41) is 20.8. The molecule has 0 radical (unpaired) electrons. The smallest absolute Gasteiger partial charge is 0.123 e. The van der Waals surface area contributed by atoms with E-state index in [2.05, 4.69) is 15.5 Å². The van der Waals surface area contributed by atoms with E-state index in [1.165, 1.54) is 12.1 Å². The minimum Gasteiger partial charge on any atom is -0.388 e. The fourth-order valence-corrected chi connectivity index (χ4v) is 2.83. The Morgan fingerprint density at radius 3 is 2.56 bits per heavy atom. The molecule has 0 fully saturated rings. The first kappa shape index (κ1) is 17.3. The van der Waals surface area contributed by atoms with Gasteiger partial charge in [-0.2, -0.15) is 5.10 Å². The average molecular weight is 339 g/mol. The summed E-state index contributed by atoms with van der Waals surface area (Å²) in [6.45, 7) is 2.66. The Bertz CT molecular complexity index is 786. The number of aliphatic hydroxyl groups is 1. The van der Waals surface area contributed by atoms with Crippen LogP contribution < -0.4 is 5.32 Å². The molecule has 2 unspecified atom stereocenters. The molecule has 0 aliphatic rings. The Morgan fingerprint density at radius 1 is 1.12 bits per heavy atom. The van der Waals surface area contributed by atoms with Crippen LogP contribution in [0.25, 0.3) is 11.3 Å². The molecule has 5 heteroatoms. The monoisotopic (exact) mass is 339 g/mol. The van der Waals surface area contributed by atoms with Crippen molar-refractivity contribution in [3.8, 4) is 11.3 Å². The summed E-state index contributed by atoms with van der Waals surface area (Å²) in [7, 11) is 0. The number of aromatic nitrogens is 2. The lowest BCUT2D eigenvalue weighted by atomic mass is 10.0. The first-order valence-electron chi connectivity index (χ1n) is 8.38. The lowest BCUT2D eigenvalue weighted by molar-refractivity contribution is 0.154. The minimum atomic E-state index is -0.496. The number of nitrogens with zero attached hydrogens (tertiary/aromatic N) is 1. The summed E-state index contributed by atoms with van der Waals surface area (Å²) < 4.78 is 13.1. The van der Waals surface area contributed by atoms with Gasteiger partial charge in [0.15, 0.2) is 0 Å². The predicted octanol–water partition coefficient (Wildman–Crippen LogP) is 3.82. The molecular formula is C20H22FN3O. The Kier molecular flexibility index (Phi) is 5.58. The van der Waals surface area contributed by atoms with Gasteiger partial charge in [-0.3, -0.25) is 5.10 Å². The van der Waals surface area contributed by atoms with E-state index in [1.54, 1.807) is 18.3 Å². The Balaban J connectivity index is 1.59. The van der Waals surface area contributed by atoms with Gasteiger partial charge in [-0.15, -0.1) is 0 Å². The molecular weight excluding hydrogens is 317 g/mol. The molecule has 0 aliphatic carbocycles. The molecule has 0 aliphatic heterocycles. The maximum atomic E-state index is 13.1. The maximum Gasteiger partial charge on any atom is 0.123 e. The summed E-state index contributed by atoms with van der Waals surface area (Å²) >= 11 is 0. The van der Waals surface area contributed by atoms with Crippen molar-refractivity contribution in [2.45, 2.75) is 32.0 Å². The normalized spacial score (nSPS) is 13.6. The zero-order chi connectivity index (χ0) is 17.6. The number of aromatic amines is 1. The van der Waals surface area contributed by atoms with Crippen molar-refractivity contribution >= 4 is 0 Å². The Hall–Kier alpha value is -2.50. The molecule has 1 heterocycles. The van der Waals surface area contributed by atoms with Crippen LogP contribution in [-0.4, -0.2) is 21.3 Å². The third-order valence-corrected chi connectivity index (χ3v) is 4.25. The van der Waals surface area contributed by atoms with E-state index >= 15 is 0 Å². The number of halogens is 1. The van der Waals surface area contributed by atoms with Crippen LogP contribution in [0.1, 0.15) is 30.6 Å². The van der Waals surface area contributed by atoms with Crippen molar-refractivity contribution < 1.29 is 9.50 Å². The van der Waals surface area contributed by atoms with Gasteiger partial charge < -0.3 is 10.4 Å². The molecule has 4 nitrogen and oxygen atoms in total. The highest BCUT2D eigenvalue weighted by Crippen LogP contribution is 2.22. The highest BCUT2D eigenvalue weighted by atomic mass is 19.1. The fraction of sp³-hybridized carbons (Fsp3) is 0.250. The second-order valence-corrected chi connectivity index (χ2v) is 6.22. The van der Waals surface area contributed by atoms with Gasteiger partial charge in [0, 0.05) is 23.7 Å². The number of nitrogens with one attached hydrogen (secondary N) is 2. The molecule has 0 bridgehead atoms. The Labute approximate surface area is 146 Å².